The summed E-state index contributed by atoms with van der Waals surface area (Å²) in [5.41, 5.74) is 1.20. The largest absolute Gasteiger partial charge is 0.307 e. The molecule has 2 atom stereocenters. The van der Waals surface area contributed by atoms with Crippen LogP contribution in [0.2, 0.25) is 0 Å². The highest BCUT2D eigenvalue weighted by atomic mass is 32.1. The Kier molecular flexibility index (Phi) is 4.87. The number of non-ortho nitro benzene ring substituents is 1. The van der Waals surface area contributed by atoms with Crippen molar-refractivity contribution in [2.75, 3.05) is 0 Å². The molecular formula is C15H18N2O2S. The van der Waals surface area contributed by atoms with Crippen LogP contribution in [-0.2, 0) is 6.42 Å². The molecule has 2 unspecified atom stereocenters. The number of nitro benzene ring substituents is 1. The van der Waals surface area contributed by atoms with Crippen molar-refractivity contribution >= 4 is 17.0 Å². The molecule has 1 N–H and O–H groups in total. The van der Waals surface area contributed by atoms with Crippen LogP contribution in [0.4, 0.5) is 5.69 Å². The number of thiophene rings is 1. The fourth-order valence-corrected chi connectivity index (χ4v) is 3.03. The Bertz CT molecular complexity index is 552. The van der Waals surface area contributed by atoms with Gasteiger partial charge in [-0.3, -0.25) is 10.1 Å². The van der Waals surface area contributed by atoms with E-state index in [-0.39, 0.29) is 16.7 Å². The molecule has 2 rings (SSSR count). The van der Waals surface area contributed by atoms with Gasteiger partial charge in [0.2, 0.25) is 0 Å². The van der Waals surface area contributed by atoms with Crippen LogP contribution >= 0.6 is 11.3 Å². The molecule has 0 fully saturated rings. The minimum absolute atomic E-state index is 0.132. The Morgan fingerprint density at radius 2 is 1.95 bits per heavy atom. The number of nitrogens with one attached hydrogen (secondary N) is 1. The lowest BCUT2D eigenvalue weighted by Gasteiger charge is -2.20. The first kappa shape index (κ1) is 14.7. The lowest BCUT2D eigenvalue weighted by atomic mass is 10.1. The summed E-state index contributed by atoms with van der Waals surface area (Å²) in [6.45, 7) is 4.23. The highest BCUT2D eigenvalue weighted by molar-refractivity contribution is 7.09. The normalized spacial score (nSPS) is 13.9. The van der Waals surface area contributed by atoms with Crippen molar-refractivity contribution in [3.8, 4) is 0 Å². The summed E-state index contributed by atoms with van der Waals surface area (Å²) in [7, 11) is 0. The van der Waals surface area contributed by atoms with E-state index in [2.05, 4.69) is 36.7 Å². The predicted molar refractivity (Wildman–Crippen MR) is 82.1 cm³/mol. The van der Waals surface area contributed by atoms with Crippen LogP contribution in [0.15, 0.2) is 41.8 Å². The van der Waals surface area contributed by atoms with Crippen LogP contribution in [0.25, 0.3) is 0 Å². The average molecular weight is 290 g/mol. The number of nitro groups is 1. The van der Waals surface area contributed by atoms with Crippen LogP contribution in [0, 0.1) is 10.1 Å². The van der Waals surface area contributed by atoms with Crippen LogP contribution in [0.5, 0.6) is 0 Å². The fourth-order valence-electron chi connectivity index (χ4n) is 2.20. The highest BCUT2D eigenvalue weighted by Gasteiger charge is 2.12. The van der Waals surface area contributed by atoms with Gasteiger partial charge in [-0.15, -0.1) is 11.3 Å². The van der Waals surface area contributed by atoms with Gasteiger partial charge in [0, 0.05) is 29.1 Å². The first-order chi connectivity index (χ1) is 9.56. The quantitative estimate of drug-likeness (QED) is 0.647. The van der Waals surface area contributed by atoms with Gasteiger partial charge in [0.15, 0.2) is 0 Å². The molecule has 0 aliphatic carbocycles. The van der Waals surface area contributed by atoms with Crippen molar-refractivity contribution in [2.24, 2.45) is 0 Å². The van der Waals surface area contributed by atoms with Crippen molar-refractivity contribution in [3.63, 3.8) is 0 Å². The highest BCUT2D eigenvalue weighted by Crippen LogP contribution is 2.19. The van der Waals surface area contributed by atoms with Crippen LogP contribution in [0.1, 0.15) is 30.3 Å². The van der Waals surface area contributed by atoms with E-state index >= 15 is 0 Å². The van der Waals surface area contributed by atoms with Crippen LogP contribution < -0.4 is 5.32 Å². The summed E-state index contributed by atoms with van der Waals surface area (Å²) in [4.78, 5) is 11.6. The second-order valence-electron chi connectivity index (χ2n) is 4.92. The predicted octanol–water partition coefficient (Wildman–Crippen LogP) is 3.94. The number of hydrogen-bond donors (Lipinski definition) is 1. The first-order valence-electron chi connectivity index (χ1n) is 6.59. The summed E-state index contributed by atoms with van der Waals surface area (Å²) in [5.74, 6) is 0. The molecule has 20 heavy (non-hydrogen) atoms. The van der Waals surface area contributed by atoms with Gasteiger partial charge in [0.05, 0.1) is 4.92 Å². The number of nitrogens with zero attached hydrogens (tertiary/aromatic N) is 1. The van der Waals surface area contributed by atoms with Gasteiger partial charge in [-0.1, -0.05) is 18.2 Å². The molecule has 1 aromatic carbocycles. The van der Waals surface area contributed by atoms with E-state index in [9.17, 15) is 10.1 Å². The van der Waals surface area contributed by atoms with Crippen molar-refractivity contribution < 1.29 is 4.92 Å². The van der Waals surface area contributed by atoms with Crippen molar-refractivity contribution in [3.05, 3.63) is 62.3 Å². The Balaban J connectivity index is 1.93. The van der Waals surface area contributed by atoms with E-state index in [0.717, 1.165) is 12.0 Å². The third-order valence-corrected chi connectivity index (χ3v) is 4.12. The van der Waals surface area contributed by atoms with Crippen molar-refractivity contribution in [1.82, 2.24) is 5.32 Å². The second-order valence-corrected chi connectivity index (χ2v) is 5.95. The molecule has 4 nitrogen and oxygen atoms in total. The number of hydrogen-bond acceptors (Lipinski definition) is 4. The van der Waals surface area contributed by atoms with Crippen LogP contribution in [0.3, 0.4) is 0 Å². The molecule has 0 aliphatic heterocycles. The maximum absolute atomic E-state index is 10.6. The van der Waals surface area contributed by atoms with Crippen LogP contribution in [-0.4, -0.2) is 11.0 Å². The van der Waals surface area contributed by atoms with E-state index in [1.165, 1.54) is 4.88 Å². The standard InChI is InChI=1S/C15H18N2O2S/c1-11(10-15-4-3-9-20-15)16-12(2)13-5-7-14(8-6-13)17(18)19/h3-9,11-12,16H,10H2,1-2H3. The summed E-state index contributed by atoms with van der Waals surface area (Å²) in [6.07, 6.45) is 0.995. The minimum Gasteiger partial charge on any atom is -0.307 e. The number of benzene rings is 1. The Hall–Kier alpha value is -1.72. The number of rotatable bonds is 6. The van der Waals surface area contributed by atoms with Gasteiger partial charge in [0.1, 0.15) is 0 Å². The SMILES string of the molecule is CC(Cc1cccs1)NC(C)c1ccc([N+](=O)[O-])cc1. The lowest BCUT2D eigenvalue weighted by molar-refractivity contribution is -0.384. The van der Waals surface area contributed by atoms with Gasteiger partial charge < -0.3 is 5.32 Å². The maximum atomic E-state index is 10.6. The molecule has 0 amide bonds. The molecule has 1 aromatic heterocycles. The van der Waals surface area contributed by atoms with Gasteiger partial charge in [-0.05, 0) is 37.3 Å². The zero-order valence-corrected chi connectivity index (χ0v) is 12.4. The lowest BCUT2D eigenvalue weighted by Crippen LogP contribution is -2.30. The molecule has 0 aliphatic rings. The molecular weight excluding hydrogens is 272 g/mol. The molecule has 0 bridgehead atoms. The molecule has 0 radical (unpaired) electrons. The van der Waals surface area contributed by atoms with E-state index in [4.69, 9.17) is 0 Å². The zero-order valence-electron chi connectivity index (χ0n) is 11.6. The van der Waals surface area contributed by atoms with E-state index in [1.807, 2.05) is 12.1 Å². The molecule has 106 valence electrons. The molecule has 5 heteroatoms. The summed E-state index contributed by atoms with van der Waals surface area (Å²) < 4.78 is 0. The third kappa shape index (κ3) is 3.88. The van der Waals surface area contributed by atoms with E-state index < -0.39 is 0 Å². The maximum Gasteiger partial charge on any atom is 0.269 e. The topological polar surface area (TPSA) is 55.2 Å². The third-order valence-electron chi connectivity index (χ3n) is 3.23. The van der Waals surface area contributed by atoms with Gasteiger partial charge in [-0.25, -0.2) is 0 Å². The smallest absolute Gasteiger partial charge is 0.269 e. The zero-order chi connectivity index (χ0) is 14.5. The molecule has 1 heterocycles. The molecule has 0 saturated heterocycles. The minimum atomic E-state index is -0.374. The van der Waals surface area contributed by atoms with E-state index in [1.54, 1.807) is 23.5 Å². The Morgan fingerprint density at radius 1 is 1.25 bits per heavy atom. The molecule has 2 aromatic rings. The van der Waals surface area contributed by atoms with Gasteiger partial charge in [0.25, 0.3) is 5.69 Å². The monoisotopic (exact) mass is 290 g/mol. The summed E-state index contributed by atoms with van der Waals surface area (Å²) in [6, 6.07) is 11.5. The van der Waals surface area contributed by atoms with Crippen molar-refractivity contribution in [2.45, 2.75) is 32.4 Å². The van der Waals surface area contributed by atoms with E-state index in [0.29, 0.717) is 6.04 Å². The average Bonchev–Trinajstić information content (AvgIpc) is 2.91. The molecule has 0 saturated carbocycles. The summed E-state index contributed by atoms with van der Waals surface area (Å²) in [5, 5.41) is 16.2. The second kappa shape index (κ2) is 6.63. The first-order valence-corrected chi connectivity index (χ1v) is 7.47. The Labute approximate surface area is 122 Å². The van der Waals surface area contributed by atoms with Crippen molar-refractivity contribution in [1.29, 1.82) is 0 Å². The Morgan fingerprint density at radius 3 is 2.50 bits per heavy atom. The summed E-state index contributed by atoms with van der Waals surface area (Å²) >= 11 is 1.76. The van der Waals surface area contributed by atoms with Gasteiger partial charge >= 0.3 is 0 Å². The van der Waals surface area contributed by atoms with Gasteiger partial charge in [-0.2, -0.15) is 0 Å². The molecule has 0 spiro atoms. The fraction of sp³-hybridized carbons (Fsp3) is 0.333.